The lowest BCUT2D eigenvalue weighted by atomic mass is 9.95. The van der Waals surface area contributed by atoms with Crippen molar-refractivity contribution in [3.8, 4) is 5.75 Å². The summed E-state index contributed by atoms with van der Waals surface area (Å²) in [5.41, 5.74) is 0.768. The summed E-state index contributed by atoms with van der Waals surface area (Å²) in [6, 6.07) is 11.2. The number of Topliss-reactive ketones (excluding diaryl/α,β-unsaturated/α-hetero) is 1. The van der Waals surface area contributed by atoms with E-state index in [4.69, 9.17) is 9.47 Å². The van der Waals surface area contributed by atoms with Gasteiger partial charge in [0, 0.05) is 19.2 Å². The van der Waals surface area contributed by atoms with Crippen LogP contribution in [0.1, 0.15) is 17.2 Å². The Labute approximate surface area is 173 Å². The second kappa shape index (κ2) is 9.37. The topological polar surface area (TPSA) is 76.1 Å². The van der Waals surface area contributed by atoms with Crippen molar-refractivity contribution >= 4 is 17.4 Å². The molecule has 6 nitrogen and oxygen atoms in total. The fraction of sp³-hybridized carbons (Fsp3) is 0.217. The molecule has 1 amide bonds. The molecular formula is C23H22FNO5. The molecule has 0 radical (unpaired) electrons. The van der Waals surface area contributed by atoms with E-state index in [2.05, 4.69) is 6.58 Å². The van der Waals surface area contributed by atoms with Crippen LogP contribution < -0.4 is 4.74 Å². The van der Waals surface area contributed by atoms with Crippen LogP contribution in [0.2, 0.25) is 0 Å². The lowest BCUT2D eigenvalue weighted by Gasteiger charge is -2.25. The Morgan fingerprint density at radius 1 is 1.23 bits per heavy atom. The Kier molecular flexibility index (Phi) is 6.64. The van der Waals surface area contributed by atoms with Crippen molar-refractivity contribution in [1.82, 2.24) is 4.90 Å². The number of hydrogen-bond donors (Lipinski definition) is 1. The molecule has 0 bridgehead atoms. The van der Waals surface area contributed by atoms with Crippen LogP contribution in [0.4, 0.5) is 4.39 Å². The van der Waals surface area contributed by atoms with Gasteiger partial charge in [0.25, 0.3) is 11.7 Å². The van der Waals surface area contributed by atoms with Gasteiger partial charge in [-0.05, 0) is 42.0 Å². The number of ketones is 1. The minimum atomic E-state index is -0.836. The molecule has 7 heteroatoms. The van der Waals surface area contributed by atoms with Crippen molar-refractivity contribution in [3.63, 3.8) is 0 Å². The number of nitrogens with zero attached hydrogens (tertiary/aromatic N) is 1. The first-order valence-corrected chi connectivity index (χ1v) is 9.35. The minimum Gasteiger partial charge on any atom is -0.507 e. The number of benzene rings is 2. The highest BCUT2D eigenvalue weighted by Crippen LogP contribution is 2.40. The molecule has 0 aromatic heterocycles. The SMILES string of the molecule is C=CCOc1cccc(C2/C(=C(\O)c3ccc(F)cc3)C(=O)C(=O)N2CCOC)c1. The Hall–Kier alpha value is -3.45. The van der Waals surface area contributed by atoms with E-state index < -0.39 is 23.5 Å². The molecule has 1 fully saturated rings. The molecule has 1 heterocycles. The zero-order chi connectivity index (χ0) is 21.7. The normalized spacial score (nSPS) is 17.9. The zero-order valence-corrected chi connectivity index (χ0v) is 16.5. The number of carbonyl (C=O) groups excluding carboxylic acids is 2. The van der Waals surface area contributed by atoms with Gasteiger partial charge in [-0.1, -0.05) is 24.8 Å². The van der Waals surface area contributed by atoms with Crippen molar-refractivity contribution in [2.75, 3.05) is 26.9 Å². The number of aliphatic hydroxyl groups is 1. The predicted molar refractivity (Wildman–Crippen MR) is 109 cm³/mol. The summed E-state index contributed by atoms with van der Waals surface area (Å²) in [6.45, 7) is 4.28. The van der Waals surface area contributed by atoms with Crippen molar-refractivity contribution in [1.29, 1.82) is 0 Å². The lowest BCUT2D eigenvalue weighted by molar-refractivity contribution is -0.140. The Bertz CT molecular complexity index is 983. The summed E-state index contributed by atoms with van der Waals surface area (Å²) in [7, 11) is 1.49. The fourth-order valence-electron chi connectivity index (χ4n) is 3.34. The summed E-state index contributed by atoms with van der Waals surface area (Å²) < 4.78 is 23.9. The molecule has 3 rings (SSSR count). The number of rotatable bonds is 8. The second-order valence-electron chi connectivity index (χ2n) is 6.66. The van der Waals surface area contributed by atoms with Gasteiger partial charge in [-0.15, -0.1) is 0 Å². The molecule has 1 unspecified atom stereocenters. The maximum atomic E-state index is 13.3. The van der Waals surface area contributed by atoms with Crippen LogP contribution in [-0.4, -0.2) is 48.6 Å². The van der Waals surface area contributed by atoms with Crippen molar-refractivity contribution in [2.45, 2.75) is 6.04 Å². The molecule has 0 aliphatic carbocycles. The molecular weight excluding hydrogens is 389 g/mol. The van der Waals surface area contributed by atoms with Gasteiger partial charge in [-0.25, -0.2) is 4.39 Å². The van der Waals surface area contributed by atoms with Gasteiger partial charge in [-0.3, -0.25) is 9.59 Å². The van der Waals surface area contributed by atoms with Crippen LogP contribution in [0.3, 0.4) is 0 Å². The number of halogens is 1. The van der Waals surface area contributed by atoms with E-state index in [1.165, 1.54) is 36.3 Å². The maximum absolute atomic E-state index is 13.3. The molecule has 1 saturated heterocycles. The van der Waals surface area contributed by atoms with Gasteiger partial charge in [-0.2, -0.15) is 0 Å². The highest BCUT2D eigenvalue weighted by Gasteiger charge is 2.45. The number of hydrogen-bond acceptors (Lipinski definition) is 5. The van der Waals surface area contributed by atoms with Gasteiger partial charge < -0.3 is 19.5 Å². The van der Waals surface area contributed by atoms with Crippen LogP contribution in [0, 0.1) is 5.82 Å². The van der Waals surface area contributed by atoms with Crippen LogP contribution in [-0.2, 0) is 14.3 Å². The second-order valence-corrected chi connectivity index (χ2v) is 6.66. The number of methoxy groups -OCH3 is 1. The highest BCUT2D eigenvalue weighted by atomic mass is 19.1. The zero-order valence-electron chi connectivity index (χ0n) is 16.5. The van der Waals surface area contributed by atoms with Crippen molar-refractivity contribution in [3.05, 3.63) is 83.7 Å². The molecule has 2 aromatic rings. The monoisotopic (exact) mass is 411 g/mol. The first-order chi connectivity index (χ1) is 14.5. The number of aliphatic hydroxyl groups excluding tert-OH is 1. The Morgan fingerprint density at radius 2 is 1.97 bits per heavy atom. The molecule has 30 heavy (non-hydrogen) atoms. The fourth-order valence-corrected chi connectivity index (χ4v) is 3.34. The van der Waals surface area contributed by atoms with E-state index in [0.717, 1.165) is 0 Å². The van der Waals surface area contributed by atoms with Crippen molar-refractivity contribution in [2.24, 2.45) is 0 Å². The van der Waals surface area contributed by atoms with Gasteiger partial charge in [0.05, 0.1) is 18.2 Å². The van der Waals surface area contributed by atoms with E-state index in [9.17, 15) is 19.1 Å². The molecule has 1 N–H and O–H groups in total. The average Bonchev–Trinajstić information content (AvgIpc) is 3.01. The first kappa shape index (κ1) is 21.3. The lowest BCUT2D eigenvalue weighted by Crippen LogP contribution is -2.32. The molecule has 156 valence electrons. The molecule has 1 atom stereocenters. The molecule has 0 spiro atoms. The van der Waals surface area contributed by atoms with Crippen LogP contribution in [0.15, 0.2) is 66.8 Å². The number of carbonyl (C=O) groups is 2. The van der Waals surface area contributed by atoms with E-state index in [1.807, 2.05) is 0 Å². The van der Waals surface area contributed by atoms with E-state index in [-0.39, 0.29) is 30.0 Å². The summed E-state index contributed by atoms with van der Waals surface area (Å²) in [6.07, 6.45) is 1.60. The summed E-state index contributed by atoms with van der Waals surface area (Å²) in [5, 5.41) is 10.9. The predicted octanol–water partition coefficient (Wildman–Crippen LogP) is 3.46. The largest absolute Gasteiger partial charge is 0.507 e. The van der Waals surface area contributed by atoms with Crippen LogP contribution in [0.25, 0.3) is 5.76 Å². The van der Waals surface area contributed by atoms with E-state index in [1.54, 1.807) is 30.3 Å². The third kappa shape index (κ3) is 4.26. The average molecular weight is 411 g/mol. The summed E-state index contributed by atoms with van der Waals surface area (Å²) in [5.74, 6) is -1.86. The molecule has 2 aromatic carbocycles. The van der Waals surface area contributed by atoms with Crippen LogP contribution >= 0.6 is 0 Å². The number of likely N-dealkylation sites (tertiary alicyclic amines) is 1. The third-order valence-corrected chi connectivity index (χ3v) is 4.74. The molecule has 0 saturated carbocycles. The summed E-state index contributed by atoms with van der Waals surface area (Å²) >= 11 is 0. The first-order valence-electron chi connectivity index (χ1n) is 9.35. The Balaban J connectivity index is 2.12. The third-order valence-electron chi connectivity index (χ3n) is 4.74. The van der Waals surface area contributed by atoms with E-state index >= 15 is 0 Å². The highest BCUT2D eigenvalue weighted by molar-refractivity contribution is 6.46. The number of amides is 1. The smallest absolute Gasteiger partial charge is 0.295 e. The summed E-state index contributed by atoms with van der Waals surface area (Å²) in [4.78, 5) is 26.9. The van der Waals surface area contributed by atoms with Gasteiger partial charge >= 0.3 is 0 Å². The standard InChI is InChI=1S/C23H22FNO5/c1-3-12-30-18-6-4-5-16(14-18)20-19(21(26)15-7-9-17(24)10-8-15)22(27)23(28)25(20)11-13-29-2/h3-10,14,20,26H,1,11-13H2,2H3/b21-19+. The molecule has 1 aliphatic heterocycles. The van der Waals surface area contributed by atoms with Gasteiger partial charge in [0.2, 0.25) is 0 Å². The van der Waals surface area contributed by atoms with Gasteiger partial charge in [0.15, 0.2) is 0 Å². The quantitative estimate of drug-likeness (QED) is 0.312. The van der Waals surface area contributed by atoms with Gasteiger partial charge in [0.1, 0.15) is 23.9 Å². The van der Waals surface area contributed by atoms with E-state index in [0.29, 0.717) is 17.9 Å². The van der Waals surface area contributed by atoms with Crippen molar-refractivity contribution < 1.29 is 28.6 Å². The minimum absolute atomic E-state index is 0.0661. The Morgan fingerprint density at radius 3 is 2.63 bits per heavy atom. The number of ether oxygens (including phenoxy) is 2. The molecule has 1 aliphatic rings. The maximum Gasteiger partial charge on any atom is 0.295 e. The van der Waals surface area contributed by atoms with Crippen LogP contribution in [0.5, 0.6) is 5.75 Å².